The molecule has 9 nitrogen and oxygen atoms in total. The number of ether oxygens (including phenoxy) is 2. The molecule has 214 valence electrons. The van der Waals surface area contributed by atoms with Gasteiger partial charge in [0, 0.05) is 12.5 Å². The molecule has 2 amide bonds. The molecule has 1 unspecified atom stereocenters. The normalized spacial score (nSPS) is 18.8. The van der Waals surface area contributed by atoms with Crippen molar-refractivity contribution in [2.24, 2.45) is 0 Å². The SMILES string of the molecule is CC(=O)OCC1=C(C(=O)OC(c2ccccc2)c2ccccc2)N2C(=O)C(NC(=O)Cc3ccccc3)[C@H]2SC1=CO. The van der Waals surface area contributed by atoms with Crippen molar-refractivity contribution in [3.05, 3.63) is 130 Å². The molecule has 0 radical (unpaired) electrons. The Morgan fingerprint density at radius 3 is 2.07 bits per heavy atom. The van der Waals surface area contributed by atoms with Crippen LogP contribution in [0.15, 0.2) is 113 Å². The Kier molecular flexibility index (Phi) is 8.73. The number of nitrogens with zero attached hydrogens (tertiary/aromatic N) is 1. The van der Waals surface area contributed by atoms with E-state index in [9.17, 15) is 24.3 Å². The molecule has 2 N–H and O–H groups in total. The summed E-state index contributed by atoms with van der Waals surface area (Å²) in [5.41, 5.74) is 2.17. The Labute approximate surface area is 246 Å². The molecule has 0 aromatic heterocycles. The van der Waals surface area contributed by atoms with Gasteiger partial charge in [-0.3, -0.25) is 19.3 Å². The number of β-lactam (4-membered cyclic amide) rings is 1. The minimum Gasteiger partial charge on any atom is -0.514 e. The van der Waals surface area contributed by atoms with Crippen molar-refractivity contribution >= 4 is 35.5 Å². The summed E-state index contributed by atoms with van der Waals surface area (Å²) in [6.45, 7) is 0.843. The lowest BCUT2D eigenvalue weighted by molar-refractivity contribution is -0.155. The Bertz CT molecular complexity index is 1500. The fourth-order valence-corrected chi connectivity index (χ4v) is 6.07. The van der Waals surface area contributed by atoms with E-state index in [0.29, 0.717) is 11.1 Å². The van der Waals surface area contributed by atoms with E-state index in [2.05, 4.69) is 5.32 Å². The molecule has 0 spiro atoms. The predicted octanol–water partition coefficient (Wildman–Crippen LogP) is 4.18. The van der Waals surface area contributed by atoms with Crippen molar-refractivity contribution in [1.29, 1.82) is 0 Å². The minimum absolute atomic E-state index is 0.0724. The van der Waals surface area contributed by atoms with Crippen molar-refractivity contribution in [3.63, 3.8) is 0 Å². The minimum atomic E-state index is -0.946. The molecule has 1 saturated heterocycles. The van der Waals surface area contributed by atoms with E-state index in [1.165, 1.54) is 11.8 Å². The van der Waals surface area contributed by atoms with Crippen LogP contribution < -0.4 is 5.32 Å². The van der Waals surface area contributed by atoms with Crippen LogP contribution >= 0.6 is 11.8 Å². The average molecular weight is 585 g/mol. The van der Waals surface area contributed by atoms with Crippen molar-refractivity contribution in [1.82, 2.24) is 10.2 Å². The Morgan fingerprint density at radius 2 is 1.52 bits per heavy atom. The van der Waals surface area contributed by atoms with E-state index in [0.717, 1.165) is 23.6 Å². The molecule has 42 heavy (non-hydrogen) atoms. The van der Waals surface area contributed by atoms with Crippen molar-refractivity contribution in [2.45, 2.75) is 30.9 Å². The fraction of sp³-hybridized carbons (Fsp3) is 0.188. The average Bonchev–Trinajstić information content (AvgIpc) is 3.01. The fourth-order valence-electron chi connectivity index (χ4n) is 4.81. The van der Waals surface area contributed by atoms with Gasteiger partial charge in [0.15, 0.2) is 6.10 Å². The van der Waals surface area contributed by atoms with E-state index in [4.69, 9.17) is 9.47 Å². The summed E-state index contributed by atoms with van der Waals surface area (Å²) in [6.07, 6.45) is 0.0592. The number of esters is 2. The lowest BCUT2D eigenvalue weighted by Gasteiger charge is -2.50. The quantitative estimate of drug-likeness (QED) is 0.218. The molecule has 10 heteroatoms. The molecule has 0 aliphatic carbocycles. The number of hydrogen-bond donors (Lipinski definition) is 2. The maximum absolute atomic E-state index is 14.0. The van der Waals surface area contributed by atoms with Gasteiger partial charge in [-0.25, -0.2) is 4.79 Å². The number of thioether (sulfide) groups is 1. The molecule has 5 rings (SSSR count). The van der Waals surface area contributed by atoms with E-state index < -0.39 is 35.4 Å². The molecular weight excluding hydrogens is 556 g/mol. The van der Waals surface area contributed by atoms with Gasteiger partial charge in [0.25, 0.3) is 5.91 Å². The number of aliphatic hydroxyl groups is 1. The van der Waals surface area contributed by atoms with Gasteiger partial charge in [0.2, 0.25) is 5.91 Å². The zero-order chi connectivity index (χ0) is 29.6. The van der Waals surface area contributed by atoms with Gasteiger partial charge in [-0.05, 0) is 16.7 Å². The number of aliphatic hydroxyl groups excluding tert-OH is 1. The Hall–Kier alpha value is -4.83. The molecular formula is C32H28N2O7S. The van der Waals surface area contributed by atoms with Crippen LogP contribution in [0.2, 0.25) is 0 Å². The Balaban J connectivity index is 1.46. The number of fused-ring (bicyclic) bond motifs is 1. The van der Waals surface area contributed by atoms with E-state index in [1.807, 2.05) is 91.0 Å². The summed E-state index contributed by atoms with van der Waals surface area (Å²) in [7, 11) is 0. The molecule has 0 saturated carbocycles. The first-order valence-electron chi connectivity index (χ1n) is 13.2. The number of amides is 2. The van der Waals surface area contributed by atoms with Crippen LogP contribution in [0.3, 0.4) is 0 Å². The second-order valence-corrected chi connectivity index (χ2v) is 10.8. The molecule has 0 bridgehead atoms. The molecule has 1 fully saturated rings. The van der Waals surface area contributed by atoms with Crippen LogP contribution in [0, 0.1) is 0 Å². The summed E-state index contributed by atoms with van der Waals surface area (Å²) in [5, 5.41) is 12.1. The number of hydrogen-bond acceptors (Lipinski definition) is 8. The number of benzene rings is 3. The third-order valence-corrected chi connectivity index (χ3v) is 8.13. The first-order chi connectivity index (χ1) is 20.4. The third-order valence-electron chi connectivity index (χ3n) is 6.80. The van der Waals surface area contributed by atoms with Crippen LogP contribution in [-0.4, -0.2) is 51.8 Å². The molecule has 2 aliphatic rings. The maximum Gasteiger partial charge on any atom is 0.356 e. The molecule has 2 heterocycles. The topological polar surface area (TPSA) is 122 Å². The van der Waals surface area contributed by atoms with Gasteiger partial charge >= 0.3 is 11.9 Å². The third kappa shape index (κ3) is 6.08. The van der Waals surface area contributed by atoms with Gasteiger partial charge in [-0.2, -0.15) is 0 Å². The molecule has 3 aromatic rings. The summed E-state index contributed by atoms with van der Waals surface area (Å²) >= 11 is 1.08. The molecule has 2 atom stereocenters. The van der Waals surface area contributed by atoms with Gasteiger partial charge < -0.3 is 19.9 Å². The highest BCUT2D eigenvalue weighted by atomic mass is 32.2. The second kappa shape index (κ2) is 12.8. The maximum atomic E-state index is 14.0. The van der Waals surface area contributed by atoms with Crippen LogP contribution in [-0.2, 0) is 35.1 Å². The summed E-state index contributed by atoms with van der Waals surface area (Å²) in [4.78, 5) is 53.3. The second-order valence-electron chi connectivity index (χ2n) is 9.63. The summed E-state index contributed by atoms with van der Waals surface area (Å²) in [6, 6.07) is 26.4. The lowest BCUT2D eigenvalue weighted by atomic mass is 10.00. The standard InChI is InChI=1S/C32H28N2O7S/c1-20(36)40-19-24-25(18-35)42-31-27(33-26(37)17-21-11-5-2-6-12-21)30(38)34(31)28(24)32(39)41-29(22-13-7-3-8-14-22)23-15-9-4-10-16-23/h2-16,18,27,29,31,35H,17,19H2,1H3,(H,33,37)/t27?,31-/m1/s1. The van der Waals surface area contributed by atoms with Gasteiger partial charge in [-0.15, -0.1) is 0 Å². The number of carbonyl (C=O) groups is 4. The van der Waals surface area contributed by atoms with Gasteiger partial charge in [0.05, 0.1) is 17.6 Å². The smallest absolute Gasteiger partial charge is 0.356 e. The first-order valence-corrected chi connectivity index (χ1v) is 14.1. The van der Waals surface area contributed by atoms with E-state index >= 15 is 0 Å². The largest absolute Gasteiger partial charge is 0.514 e. The van der Waals surface area contributed by atoms with E-state index in [-0.39, 0.29) is 35.1 Å². The zero-order valence-corrected chi connectivity index (χ0v) is 23.5. The monoisotopic (exact) mass is 584 g/mol. The van der Waals surface area contributed by atoms with Crippen LogP contribution in [0.4, 0.5) is 0 Å². The summed E-state index contributed by atoms with van der Waals surface area (Å²) < 4.78 is 11.2. The van der Waals surface area contributed by atoms with E-state index in [1.54, 1.807) is 0 Å². The van der Waals surface area contributed by atoms with Crippen LogP contribution in [0.1, 0.15) is 29.7 Å². The highest BCUT2D eigenvalue weighted by Gasteiger charge is 2.56. The van der Waals surface area contributed by atoms with Crippen LogP contribution in [0.5, 0.6) is 0 Å². The van der Waals surface area contributed by atoms with Crippen molar-refractivity contribution in [3.8, 4) is 0 Å². The van der Waals surface area contributed by atoms with Crippen LogP contribution in [0.25, 0.3) is 0 Å². The van der Waals surface area contributed by atoms with Gasteiger partial charge in [0.1, 0.15) is 23.7 Å². The number of rotatable bonds is 9. The van der Waals surface area contributed by atoms with Crippen molar-refractivity contribution in [2.75, 3.05) is 6.61 Å². The first kappa shape index (κ1) is 28.7. The van der Waals surface area contributed by atoms with Gasteiger partial charge in [-0.1, -0.05) is 103 Å². The zero-order valence-electron chi connectivity index (χ0n) is 22.6. The lowest BCUT2D eigenvalue weighted by Crippen LogP contribution is -2.70. The molecule has 2 aliphatic heterocycles. The number of carbonyl (C=O) groups excluding carboxylic acids is 4. The molecule has 3 aromatic carbocycles. The number of nitrogens with one attached hydrogen (secondary N) is 1. The van der Waals surface area contributed by atoms with Crippen molar-refractivity contribution < 1.29 is 33.8 Å². The highest BCUT2D eigenvalue weighted by Crippen LogP contribution is 2.47. The predicted molar refractivity (Wildman–Crippen MR) is 155 cm³/mol. The Morgan fingerprint density at radius 1 is 0.952 bits per heavy atom. The summed E-state index contributed by atoms with van der Waals surface area (Å²) in [5.74, 6) is -2.33. The highest BCUT2D eigenvalue weighted by molar-refractivity contribution is 8.04.